The molecule has 1 aromatic rings. The zero-order valence-corrected chi connectivity index (χ0v) is 6.28. The zero-order chi connectivity index (χ0) is 7.84. The van der Waals surface area contributed by atoms with Crippen molar-refractivity contribution in [2.45, 2.75) is 13.5 Å². The molecule has 1 aliphatic heterocycles. The number of hydrogen-bond acceptors (Lipinski definition) is 3. The Morgan fingerprint density at radius 3 is 3.18 bits per heavy atom. The maximum atomic E-state index is 5.63. The van der Waals surface area contributed by atoms with Crippen LogP contribution in [0.5, 0.6) is 0 Å². The molecule has 0 atom stereocenters. The molecule has 0 unspecified atom stereocenters. The van der Waals surface area contributed by atoms with E-state index >= 15 is 0 Å². The Labute approximate surface area is 64.4 Å². The van der Waals surface area contributed by atoms with Gasteiger partial charge in [0.15, 0.2) is 18.1 Å². The number of aliphatic imine (C=N–C) groups is 1. The monoisotopic (exact) mass is 149 g/mol. The van der Waals surface area contributed by atoms with Gasteiger partial charge < -0.3 is 5.73 Å². The fourth-order valence-electron chi connectivity index (χ4n) is 1.19. The Balaban J connectivity index is 2.64. The molecular formula is C7H9N4+. The van der Waals surface area contributed by atoms with Crippen molar-refractivity contribution in [2.24, 2.45) is 4.99 Å². The zero-order valence-electron chi connectivity index (χ0n) is 6.28. The molecule has 1 aliphatic rings. The van der Waals surface area contributed by atoms with E-state index in [4.69, 9.17) is 5.73 Å². The average Bonchev–Trinajstić information content (AvgIpc) is 2.35. The summed E-state index contributed by atoms with van der Waals surface area (Å²) in [6, 6.07) is 0. The average molecular weight is 149 g/mol. The maximum absolute atomic E-state index is 5.63. The Morgan fingerprint density at radius 2 is 2.45 bits per heavy atom. The standard InChI is InChI=1S/C7H9N4/c1-5-10-4-6-7(8)9-2-3-11(5)6/h2-3H,4H2,1H3,(H2,8,9)/q+1. The van der Waals surface area contributed by atoms with Gasteiger partial charge in [-0.1, -0.05) is 4.99 Å². The predicted molar refractivity (Wildman–Crippen MR) is 41.1 cm³/mol. The van der Waals surface area contributed by atoms with Gasteiger partial charge in [-0.25, -0.2) is 4.98 Å². The fraction of sp³-hybridized carbons (Fsp3) is 0.286. The summed E-state index contributed by atoms with van der Waals surface area (Å²) in [6.07, 6.45) is 3.56. The van der Waals surface area contributed by atoms with Gasteiger partial charge in [-0.05, 0) is 0 Å². The highest BCUT2D eigenvalue weighted by Gasteiger charge is 2.22. The molecule has 0 saturated carbocycles. The molecular weight excluding hydrogens is 140 g/mol. The third kappa shape index (κ3) is 0.790. The summed E-state index contributed by atoms with van der Waals surface area (Å²) in [6.45, 7) is 2.61. The molecule has 1 aromatic heterocycles. The van der Waals surface area contributed by atoms with Crippen molar-refractivity contribution >= 4 is 11.7 Å². The van der Waals surface area contributed by atoms with E-state index in [1.54, 1.807) is 6.20 Å². The van der Waals surface area contributed by atoms with Gasteiger partial charge in [0.1, 0.15) is 6.20 Å². The van der Waals surface area contributed by atoms with Gasteiger partial charge in [-0.15, -0.1) is 0 Å². The van der Waals surface area contributed by atoms with Crippen LogP contribution in [-0.4, -0.2) is 10.8 Å². The topological polar surface area (TPSA) is 55.1 Å². The highest BCUT2D eigenvalue weighted by Crippen LogP contribution is 2.07. The van der Waals surface area contributed by atoms with Crippen molar-refractivity contribution < 1.29 is 4.57 Å². The highest BCUT2D eigenvalue weighted by atomic mass is 15.1. The quantitative estimate of drug-likeness (QED) is 0.516. The van der Waals surface area contributed by atoms with Crippen LogP contribution < -0.4 is 10.3 Å². The molecule has 2 N–H and O–H groups in total. The van der Waals surface area contributed by atoms with Gasteiger partial charge in [0.25, 0.3) is 5.84 Å². The lowest BCUT2D eigenvalue weighted by atomic mass is 10.4. The van der Waals surface area contributed by atoms with Gasteiger partial charge >= 0.3 is 0 Å². The van der Waals surface area contributed by atoms with Crippen molar-refractivity contribution in [3.05, 3.63) is 18.1 Å². The van der Waals surface area contributed by atoms with E-state index in [-0.39, 0.29) is 0 Å². The number of nitrogens with zero attached hydrogens (tertiary/aromatic N) is 3. The summed E-state index contributed by atoms with van der Waals surface area (Å²) in [5.74, 6) is 1.56. The van der Waals surface area contributed by atoms with Crippen LogP contribution in [0.2, 0.25) is 0 Å². The summed E-state index contributed by atoms with van der Waals surface area (Å²) < 4.78 is 1.96. The van der Waals surface area contributed by atoms with Gasteiger partial charge in [-0.3, -0.25) is 0 Å². The maximum Gasteiger partial charge on any atom is 0.294 e. The van der Waals surface area contributed by atoms with Gasteiger partial charge in [-0.2, -0.15) is 4.57 Å². The molecule has 0 amide bonds. The van der Waals surface area contributed by atoms with Gasteiger partial charge in [0.05, 0.1) is 6.20 Å². The minimum Gasteiger partial charge on any atom is -0.380 e. The van der Waals surface area contributed by atoms with E-state index in [0.717, 1.165) is 11.5 Å². The first-order chi connectivity index (χ1) is 5.29. The second kappa shape index (κ2) is 2.02. The van der Waals surface area contributed by atoms with Gasteiger partial charge in [0.2, 0.25) is 0 Å². The van der Waals surface area contributed by atoms with Crippen LogP contribution in [0.1, 0.15) is 12.6 Å². The van der Waals surface area contributed by atoms with E-state index in [0.29, 0.717) is 12.4 Å². The Hall–Kier alpha value is -1.45. The van der Waals surface area contributed by atoms with Crippen molar-refractivity contribution in [2.75, 3.05) is 5.73 Å². The fourth-order valence-corrected chi connectivity index (χ4v) is 1.19. The Bertz CT molecular complexity index is 329. The minimum absolute atomic E-state index is 0.577. The molecule has 0 radical (unpaired) electrons. The lowest BCUT2D eigenvalue weighted by molar-refractivity contribution is -0.558. The summed E-state index contributed by atoms with van der Waals surface area (Å²) in [5.41, 5.74) is 6.62. The molecule has 4 heteroatoms. The van der Waals surface area contributed by atoms with E-state index in [1.165, 1.54) is 0 Å². The minimum atomic E-state index is 0.577. The van der Waals surface area contributed by atoms with Crippen LogP contribution in [0, 0.1) is 0 Å². The van der Waals surface area contributed by atoms with E-state index < -0.39 is 0 Å². The van der Waals surface area contributed by atoms with Crippen LogP contribution >= 0.6 is 0 Å². The van der Waals surface area contributed by atoms with E-state index in [2.05, 4.69) is 9.98 Å². The molecule has 56 valence electrons. The third-order valence-electron chi connectivity index (χ3n) is 1.82. The highest BCUT2D eigenvalue weighted by molar-refractivity contribution is 5.72. The number of hydrogen-bond donors (Lipinski definition) is 1. The number of nitrogen functional groups attached to an aromatic ring is 1. The second-order valence-electron chi connectivity index (χ2n) is 2.49. The molecule has 11 heavy (non-hydrogen) atoms. The molecule has 2 rings (SSSR count). The van der Waals surface area contributed by atoms with Crippen molar-refractivity contribution in [3.8, 4) is 0 Å². The molecule has 0 aliphatic carbocycles. The van der Waals surface area contributed by atoms with Crippen molar-refractivity contribution in [3.63, 3.8) is 0 Å². The second-order valence-corrected chi connectivity index (χ2v) is 2.49. The number of aromatic nitrogens is 2. The lowest BCUT2D eigenvalue weighted by Gasteiger charge is -1.96. The number of nitrogens with two attached hydrogens (primary N) is 1. The molecule has 4 nitrogen and oxygen atoms in total. The first-order valence-electron chi connectivity index (χ1n) is 3.45. The summed E-state index contributed by atoms with van der Waals surface area (Å²) >= 11 is 0. The number of anilines is 1. The van der Waals surface area contributed by atoms with Crippen LogP contribution in [0.25, 0.3) is 0 Å². The number of rotatable bonds is 0. The summed E-state index contributed by atoms with van der Waals surface area (Å²) in [5, 5.41) is 0. The first-order valence-corrected chi connectivity index (χ1v) is 3.45. The Kier molecular flexibility index (Phi) is 1.15. The largest absolute Gasteiger partial charge is 0.380 e. The smallest absolute Gasteiger partial charge is 0.294 e. The first kappa shape index (κ1) is 6.27. The molecule has 2 heterocycles. The molecule has 0 saturated heterocycles. The van der Waals surface area contributed by atoms with Crippen molar-refractivity contribution in [1.82, 2.24) is 4.98 Å². The predicted octanol–water partition coefficient (Wildman–Crippen LogP) is -0.269. The van der Waals surface area contributed by atoms with Crippen LogP contribution in [0.3, 0.4) is 0 Å². The van der Waals surface area contributed by atoms with Gasteiger partial charge in [0, 0.05) is 6.92 Å². The Morgan fingerprint density at radius 1 is 1.64 bits per heavy atom. The third-order valence-corrected chi connectivity index (χ3v) is 1.82. The molecule has 0 bridgehead atoms. The van der Waals surface area contributed by atoms with Crippen LogP contribution in [0.4, 0.5) is 5.82 Å². The van der Waals surface area contributed by atoms with Crippen LogP contribution in [-0.2, 0) is 6.54 Å². The molecule has 0 aromatic carbocycles. The summed E-state index contributed by atoms with van der Waals surface area (Å²) in [4.78, 5) is 8.19. The summed E-state index contributed by atoms with van der Waals surface area (Å²) in [7, 11) is 0. The number of fused-ring (bicyclic) bond motifs is 1. The normalized spacial score (nSPS) is 14.5. The van der Waals surface area contributed by atoms with Crippen LogP contribution in [0.15, 0.2) is 17.4 Å². The molecule has 0 spiro atoms. The van der Waals surface area contributed by atoms with Crippen molar-refractivity contribution in [1.29, 1.82) is 0 Å². The molecule has 0 fully saturated rings. The van der Waals surface area contributed by atoms with E-state index in [9.17, 15) is 0 Å². The van der Waals surface area contributed by atoms with E-state index in [1.807, 2.05) is 17.7 Å². The lowest BCUT2D eigenvalue weighted by Crippen LogP contribution is -2.41. The SMILES string of the molecule is CC1=NCc2c(N)ncc[n+]21.